The molecule has 1 aromatic rings. The molecule has 4 heteroatoms. The third kappa shape index (κ3) is 2.27. The molecule has 1 amide bonds. The van der Waals surface area contributed by atoms with Crippen LogP contribution in [0.3, 0.4) is 0 Å². The Morgan fingerprint density at radius 2 is 1.94 bits per heavy atom. The molecule has 86 valence electrons. The molecule has 0 aromatic heterocycles. The Kier molecular flexibility index (Phi) is 2.99. The molecule has 4 nitrogen and oxygen atoms in total. The average molecular weight is 219 g/mol. The lowest BCUT2D eigenvalue weighted by Crippen LogP contribution is -2.29. The number of nitrogens with zero attached hydrogens (tertiary/aromatic N) is 1. The lowest BCUT2D eigenvalue weighted by atomic mass is 10.1. The second-order valence-corrected chi connectivity index (χ2v) is 4.22. The van der Waals surface area contributed by atoms with Crippen LogP contribution in [-0.2, 0) is 11.2 Å². The van der Waals surface area contributed by atoms with Gasteiger partial charge in [0.1, 0.15) is 0 Å². The number of carbonyl (C=O) groups excluding carboxylic acids is 1. The van der Waals surface area contributed by atoms with Crippen LogP contribution in [0.2, 0.25) is 0 Å². The number of nitrogen functional groups attached to an aromatic ring is 2. The first-order valence-corrected chi connectivity index (χ1v) is 5.58. The minimum absolute atomic E-state index is 0.161. The van der Waals surface area contributed by atoms with Crippen molar-refractivity contribution >= 4 is 17.3 Å². The number of hydrogen-bond donors (Lipinski definition) is 2. The van der Waals surface area contributed by atoms with E-state index < -0.39 is 0 Å². The molecule has 0 unspecified atom stereocenters. The molecule has 16 heavy (non-hydrogen) atoms. The van der Waals surface area contributed by atoms with Gasteiger partial charge in [0.25, 0.3) is 0 Å². The van der Waals surface area contributed by atoms with E-state index in [9.17, 15) is 4.79 Å². The molecule has 0 bridgehead atoms. The zero-order valence-corrected chi connectivity index (χ0v) is 9.28. The zero-order valence-electron chi connectivity index (χ0n) is 9.28. The van der Waals surface area contributed by atoms with Gasteiger partial charge in [-0.1, -0.05) is 6.07 Å². The van der Waals surface area contributed by atoms with E-state index in [1.165, 1.54) is 0 Å². The van der Waals surface area contributed by atoms with E-state index >= 15 is 0 Å². The summed E-state index contributed by atoms with van der Waals surface area (Å²) >= 11 is 0. The molecule has 4 N–H and O–H groups in total. The number of nitrogens with two attached hydrogens (primary N) is 2. The van der Waals surface area contributed by atoms with Crippen molar-refractivity contribution in [3.8, 4) is 0 Å². The summed E-state index contributed by atoms with van der Waals surface area (Å²) in [5, 5.41) is 0. The van der Waals surface area contributed by atoms with Crippen molar-refractivity contribution in [1.29, 1.82) is 0 Å². The number of anilines is 2. The molecule has 0 saturated carbocycles. The van der Waals surface area contributed by atoms with Crippen LogP contribution in [0.1, 0.15) is 18.4 Å². The van der Waals surface area contributed by atoms with Crippen molar-refractivity contribution in [3.05, 3.63) is 23.8 Å². The fourth-order valence-electron chi connectivity index (χ4n) is 2.02. The largest absolute Gasteiger partial charge is 0.399 e. The SMILES string of the molecule is Nc1ccc(CC(=O)N2CCCC2)c(N)c1. The van der Waals surface area contributed by atoms with Crippen molar-refractivity contribution in [3.63, 3.8) is 0 Å². The second kappa shape index (κ2) is 4.43. The highest BCUT2D eigenvalue weighted by atomic mass is 16.2. The standard InChI is InChI=1S/C12H17N3O/c13-10-4-3-9(11(14)8-10)7-12(16)15-5-1-2-6-15/h3-4,8H,1-2,5-7,13-14H2. The van der Waals surface area contributed by atoms with Gasteiger partial charge < -0.3 is 16.4 Å². The highest BCUT2D eigenvalue weighted by Gasteiger charge is 2.18. The number of benzene rings is 1. The Morgan fingerprint density at radius 3 is 2.56 bits per heavy atom. The second-order valence-electron chi connectivity index (χ2n) is 4.22. The van der Waals surface area contributed by atoms with Crippen LogP contribution < -0.4 is 11.5 Å². The van der Waals surface area contributed by atoms with Crippen LogP contribution in [0.15, 0.2) is 18.2 Å². The van der Waals surface area contributed by atoms with E-state index in [0.29, 0.717) is 17.8 Å². The summed E-state index contributed by atoms with van der Waals surface area (Å²) in [5.41, 5.74) is 13.5. The van der Waals surface area contributed by atoms with Crippen LogP contribution in [0.4, 0.5) is 11.4 Å². The highest BCUT2D eigenvalue weighted by molar-refractivity contribution is 5.81. The number of likely N-dealkylation sites (tertiary alicyclic amines) is 1. The molecule has 0 aliphatic carbocycles. The first kappa shape index (κ1) is 10.8. The summed E-state index contributed by atoms with van der Waals surface area (Å²) in [6, 6.07) is 5.31. The van der Waals surface area contributed by atoms with Gasteiger partial charge in [-0.2, -0.15) is 0 Å². The maximum absolute atomic E-state index is 11.9. The van der Waals surface area contributed by atoms with Crippen LogP contribution in [0, 0.1) is 0 Å². The molecule has 1 aliphatic rings. The predicted molar refractivity (Wildman–Crippen MR) is 64.8 cm³/mol. The molecule has 1 saturated heterocycles. The monoisotopic (exact) mass is 219 g/mol. The molecular weight excluding hydrogens is 202 g/mol. The van der Waals surface area contributed by atoms with E-state index in [1.54, 1.807) is 12.1 Å². The normalized spacial score (nSPS) is 15.4. The molecule has 0 radical (unpaired) electrons. The molecule has 1 aromatic carbocycles. The summed E-state index contributed by atoms with van der Waals surface area (Å²) in [6.45, 7) is 1.77. The summed E-state index contributed by atoms with van der Waals surface area (Å²) in [5.74, 6) is 0.161. The van der Waals surface area contributed by atoms with Crippen molar-refractivity contribution in [1.82, 2.24) is 4.90 Å². The van der Waals surface area contributed by atoms with Crippen LogP contribution in [0.25, 0.3) is 0 Å². The minimum Gasteiger partial charge on any atom is -0.399 e. The Balaban J connectivity index is 2.05. The van der Waals surface area contributed by atoms with Gasteiger partial charge in [-0.05, 0) is 30.5 Å². The molecule has 1 aliphatic heterocycles. The lowest BCUT2D eigenvalue weighted by molar-refractivity contribution is -0.129. The maximum Gasteiger partial charge on any atom is 0.227 e. The van der Waals surface area contributed by atoms with Crippen LogP contribution >= 0.6 is 0 Å². The Hall–Kier alpha value is -1.71. The molecular formula is C12H17N3O. The topological polar surface area (TPSA) is 72.4 Å². The number of amides is 1. The van der Waals surface area contributed by atoms with E-state index in [4.69, 9.17) is 11.5 Å². The van der Waals surface area contributed by atoms with Crippen LogP contribution in [-0.4, -0.2) is 23.9 Å². The summed E-state index contributed by atoms with van der Waals surface area (Å²) < 4.78 is 0. The van der Waals surface area contributed by atoms with Crippen molar-refractivity contribution in [2.75, 3.05) is 24.6 Å². The highest BCUT2D eigenvalue weighted by Crippen LogP contribution is 2.18. The zero-order chi connectivity index (χ0) is 11.5. The van der Waals surface area contributed by atoms with Crippen molar-refractivity contribution < 1.29 is 4.79 Å². The fraction of sp³-hybridized carbons (Fsp3) is 0.417. The van der Waals surface area contributed by atoms with E-state index in [2.05, 4.69) is 0 Å². The number of hydrogen-bond acceptors (Lipinski definition) is 3. The first-order valence-electron chi connectivity index (χ1n) is 5.58. The molecule has 1 fully saturated rings. The van der Waals surface area contributed by atoms with Gasteiger partial charge in [0.2, 0.25) is 5.91 Å². The van der Waals surface area contributed by atoms with Crippen molar-refractivity contribution in [2.24, 2.45) is 0 Å². The Bertz CT molecular complexity index is 397. The average Bonchev–Trinajstić information content (AvgIpc) is 2.75. The Labute approximate surface area is 95.2 Å². The van der Waals surface area contributed by atoms with Crippen molar-refractivity contribution in [2.45, 2.75) is 19.3 Å². The lowest BCUT2D eigenvalue weighted by Gasteiger charge is -2.15. The van der Waals surface area contributed by atoms with E-state index in [1.807, 2.05) is 11.0 Å². The Morgan fingerprint density at radius 1 is 1.25 bits per heavy atom. The predicted octanol–water partition coefficient (Wildman–Crippen LogP) is 1.02. The molecule has 0 spiro atoms. The third-order valence-corrected chi connectivity index (χ3v) is 2.97. The van der Waals surface area contributed by atoms with Gasteiger partial charge in [-0.15, -0.1) is 0 Å². The smallest absolute Gasteiger partial charge is 0.227 e. The van der Waals surface area contributed by atoms with Gasteiger partial charge in [-0.25, -0.2) is 0 Å². The fourth-order valence-corrected chi connectivity index (χ4v) is 2.02. The molecule has 2 rings (SSSR count). The van der Waals surface area contributed by atoms with E-state index in [-0.39, 0.29) is 5.91 Å². The van der Waals surface area contributed by atoms with Gasteiger partial charge in [0.15, 0.2) is 0 Å². The van der Waals surface area contributed by atoms with Gasteiger partial charge in [0, 0.05) is 24.5 Å². The molecule has 1 heterocycles. The maximum atomic E-state index is 11.9. The van der Waals surface area contributed by atoms with Gasteiger partial charge in [-0.3, -0.25) is 4.79 Å². The summed E-state index contributed by atoms with van der Waals surface area (Å²) in [4.78, 5) is 13.8. The minimum atomic E-state index is 0.161. The quantitative estimate of drug-likeness (QED) is 0.729. The molecule has 0 atom stereocenters. The first-order chi connectivity index (χ1) is 7.66. The summed E-state index contributed by atoms with van der Waals surface area (Å²) in [6.07, 6.45) is 2.61. The third-order valence-electron chi connectivity index (χ3n) is 2.97. The number of carbonyl (C=O) groups is 1. The van der Waals surface area contributed by atoms with Gasteiger partial charge >= 0.3 is 0 Å². The summed E-state index contributed by atoms with van der Waals surface area (Å²) in [7, 11) is 0. The van der Waals surface area contributed by atoms with Crippen LogP contribution in [0.5, 0.6) is 0 Å². The van der Waals surface area contributed by atoms with E-state index in [0.717, 1.165) is 31.5 Å². The van der Waals surface area contributed by atoms with Gasteiger partial charge in [0.05, 0.1) is 6.42 Å². The number of rotatable bonds is 2.